The average molecular weight is 558 g/mol. The van der Waals surface area contributed by atoms with Gasteiger partial charge < -0.3 is 60.2 Å². The van der Waals surface area contributed by atoms with E-state index in [2.05, 4.69) is 0 Å². The van der Waals surface area contributed by atoms with Gasteiger partial charge in [0.15, 0.2) is 28.7 Å². The molecule has 0 saturated carbocycles. The number of phenols is 6. The Morgan fingerprint density at radius 3 is 2.00 bits per heavy atom. The van der Waals surface area contributed by atoms with Crippen molar-refractivity contribution >= 4 is 18.1 Å². The average Bonchev–Trinajstić information content (AvgIpc) is 2.90. The molecule has 4 rings (SSSR count). The Balaban J connectivity index is 1.42. The minimum atomic E-state index is -1.78. The monoisotopic (exact) mass is 558 g/mol. The second kappa shape index (κ2) is 11.6. The highest BCUT2D eigenvalue weighted by molar-refractivity contribution is 5.91. The third-order valence-electron chi connectivity index (χ3n) is 5.97. The van der Waals surface area contributed by atoms with E-state index in [9.17, 15) is 50.8 Å². The van der Waals surface area contributed by atoms with Crippen LogP contribution in [0.2, 0.25) is 0 Å². The number of carbonyl (C=O) groups is 1. The van der Waals surface area contributed by atoms with Gasteiger partial charge in [0.05, 0.1) is 5.56 Å². The van der Waals surface area contributed by atoms with Gasteiger partial charge in [0.2, 0.25) is 6.29 Å². The Morgan fingerprint density at radius 1 is 0.750 bits per heavy atom. The molecular weight excluding hydrogens is 532 g/mol. The number of benzene rings is 3. The van der Waals surface area contributed by atoms with Crippen LogP contribution in [0, 0.1) is 0 Å². The number of ether oxygens (including phenoxy) is 3. The second-order valence-corrected chi connectivity index (χ2v) is 8.94. The molecule has 1 heterocycles. The Labute approximate surface area is 226 Å². The fourth-order valence-electron chi connectivity index (χ4n) is 3.88. The lowest BCUT2D eigenvalue weighted by Gasteiger charge is -2.39. The molecule has 3 aromatic rings. The molecule has 0 spiro atoms. The highest BCUT2D eigenvalue weighted by Gasteiger charge is 2.45. The molecule has 1 fully saturated rings. The molecule has 13 nitrogen and oxygen atoms in total. The van der Waals surface area contributed by atoms with E-state index < -0.39 is 60.5 Å². The summed E-state index contributed by atoms with van der Waals surface area (Å²) in [6.07, 6.45) is -5.09. The second-order valence-electron chi connectivity index (χ2n) is 8.94. The summed E-state index contributed by atoms with van der Waals surface area (Å²) in [4.78, 5) is 12.3. The van der Waals surface area contributed by atoms with Gasteiger partial charge in [-0.1, -0.05) is 18.2 Å². The predicted octanol–water partition coefficient (Wildman–Crippen LogP) is 1.13. The summed E-state index contributed by atoms with van der Waals surface area (Å²) in [6, 6.07) is 9.90. The zero-order valence-electron chi connectivity index (χ0n) is 20.5. The molecule has 40 heavy (non-hydrogen) atoms. The number of hydrogen-bond acceptors (Lipinski definition) is 13. The van der Waals surface area contributed by atoms with Gasteiger partial charge in [-0.3, -0.25) is 0 Å². The van der Waals surface area contributed by atoms with Crippen molar-refractivity contribution in [3.05, 3.63) is 65.2 Å². The topological polar surface area (TPSA) is 227 Å². The Bertz CT molecular complexity index is 1380. The first kappa shape index (κ1) is 28.3. The summed E-state index contributed by atoms with van der Waals surface area (Å²) < 4.78 is 16.0. The molecule has 1 aliphatic heterocycles. The van der Waals surface area contributed by atoms with Gasteiger partial charge in [0.25, 0.3) is 0 Å². The zero-order chi connectivity index (χ0) is 29.1. The summed E-state index contributed by atoms with van der Waals surface area (Å²) in [5.74, 6) is -4.21. The predicted molar refractivity (Wildman–Crippen MR) is 136 cm³/mol. The van der Waals surface area contributed by atoms with E-state index in [-0.39, 0.29) is 28.6 Å². The molecule has 0 aliphatic carbocycles. The number of aliphatic hydroxyl groups excluding tert-OH is 3. The van der Waals surface area contributed by atoms with Crippen LogP contribution in [0.15, 0.2) is 48.5 Å². The van der Waals surface area contributed by atoms with Crippen molar-refractivity contribution in [3.63, 3.8) is 0 Å². The third kappa shape index (κ3) is 6.30. The first-order valence-electron chi connectivity index (χ1n) is 11.8. The summed E-state index contributed by atoms with van der Waals surface area (Å²) in [6.45, 7) is -0.646. The van der Waals surface area contributed by atoms with Crippen LogP contribution >= 0.6 is 0 Å². The van der Waals surface area contributed by atoms with E-state index >= 15 is 0 Å². The molecule has 0 amide bonds. The lowest BCUT2D eigenvalue weighted by Crippen LogP contribution is -2.60. The molecule has 3 aromatic carbocycles. The van der Waals surface area contributed by atoms with Gasteiger partial charge in [-0.15, -0.1) is 0 Å². The van der Waals surface area contributed by atoms with Crippen molar-refractivity contribution < 1.29 is 65.0 Å². The molecule has 1 aliphatic rings. The van der Waals surface area contributed by atoms with Crippen LogP contribution in [0.1, 0.15) is 21.5 Å². The number of aromatic hydroxyl groups is 6. The van der Waals surface area contributed by atoms with E-state index in [4.69, 9.17) is 14.2 Å². The van der Waals surface area contributed by atoms with E-state index in [1.165, 1.54) is 36.4 Å². The van der Waals surface area contributed by atoms with Crippen LogP contribution in [-0.2, 0) is 9.47 Å². The Hall–Kier alpha value is -4.69. The molecule has 212 valence electrons. The molecule has 13 heteroatoms. The van der Waals surface area contributed by atoms with Crippen LogP contribution in [0.25, 0.3) is 12.2 Å². The number of rotatable bonds is 7. The molecule has 0 radical (unpaired) electrons. The molecule has 0 unspecified atom stereocenters. The van der Waals surface area contributed by atoms with Crippen LogP contribution in [0.3, 0.4) is 0 Å². The number of hydrogen-bond donors (Lipinski definition) is 9. The number of aliphatic hydroxyl groups is 3. The Kier molecular flexibility index (Phi) is 8.21. The fraction of sp³-hybridized carbons (Fsp3) is 0.222. The standard InChI is InChI=1S/C27H26O13/c28-15-5-13(6-16(29)10-15)2-1-12-3-4-20(17(30)7-12)39-27-25(36)24(35)23(34)21(40-27)11-38-26(37)14-8-18(31)22(33)19(32)9-14/h1-10,21,23-25,27-36H,11H2/t21-,23-,24+,25-,27-/m1/s1. The van der Waals surface area contributed by atoms with Crippen molar-refractivity contribution in [1.82, 2.24) is 0 Å². The summed E-state index contributed by atoms with van der Waals surface area (Å²) in [7, 11) is 0. The van der Waals surface area contributed by atoms with Crippen LogP contribution in [0.4, 0.5) is 0 Å². The minimum absolute atomic E-state index is 0.128. The first-order chi connectivity index (χ1) is 18.9. The van der Waals surface area contributed by atoms with Crippen molar-refractivity contribution in [2.75, 3.05) is 6.61 Å². The fourth-order valence-corrected chi connectivity index (χ4v) is 3.88. The van der Waals surface area contributed by atoms with Crippen molar-refractivity contribution in [2.24, 2.45) is 0 Å². The van der Waals surface area contributed by atoms with Crippen molar-refractivity contribution in [1.29, 1.82) is 0 Å². The van der Waals surface area contributed by atoms with Gasteiger partial charge in [0.1, 0.15) is 42.5 Å². The molecule has 5 atom stereocenters. The van der Waals surface area contributed by atoms with E-state index in [0.29, 0.717) is 11.1 Å². The Morgan fingerprint density at radius 2 is 1.38 bits per heavy atom. The highest BCUT2D eigenvalue weighted by atomic mass is 16.7. The normalized spacial score (nSPS) is 22.7. The zero-order valence-corrected chi connectivity index (χ0v) is 20.5. The minimum Gasteiger partial charge on any atom is -0.508 e. The molecule has 9 N–H and O–H groups in total. The molecule has 0 aromatic heterocycles. The van der Waals surface area contributed by atoms with Crippen molar-refractivity contribution in [2.45, 2.75) is 30.7 Å². The molecule has 0 bridgehead atoms. The smallest absolute Gasteiger partial charge is 0.338 e. The third-order valence-corrected chi connectivity index (χ3v) is 5.97. The summed E-state index contributed by atoms with van der Waals surface area (Å²) in [5.41, 5.74) is 0.671. The van der Waals surface area contributed by atoms with E-state index in [0.717, 1.165) is 12.1 Å². The summed E-state index contributed by atoms with van der Waals surface area (Å²) >= 11 is 0. The van der Waals surface area contributed by atoms with Gasteiger partial charge in [-0.25, -0.2) is 4.79 Å². The maximum Gasteiger partial charge on any atom is 0.338 e. The van der Waals surface area contributed by atoms with Gasteiger partial charge in [-0.2, -0.15) is 0 Å². The largest absolute Gasteiger partial charge is 0.508 e. The highest BCUT2D eigenvalue weighted by Crippen LogP contribution is 2.36. The lowest BCUT2D eigenvalue weighted by molar-refractivity contribution is -0.277. The van der Waals surface area contributed by atoms with Crippen LogP contribution < -0.4 is 4.74 Å². The maximum absolute atomic E-state index is 12.3. The molecular formula is C27H26O13. The lowest BCUT2D eigenvalue weighted by atomic mass is 9.99. The number of esters is 1. The number of carbonyl (C=O) groups excluding carboxylic acids is 1. The SMILES string of the molecule is O=C(OC[C@H]1O[C@@H](Oc2ccc(C=Cc3cc(O)cc(O)c3)cc2O)[C@H](O)[C@@H](O)[C@@H]1O)c1cc(O)c(O)c(O)c1. The van der Waals surface area contributed by atoms with Crippen LogP contribution in [-0.4, -0.2) is 89.2 Å². The van der Waals surface area contributed by atoms with Gasteiger partial charge in [-0.05, 0) is 47.5 Å². The first-order valence-corrected chi connectivity index (χ1v) is 11.8. The van der Waals surface area contributed by atoms with Gasteiger partial charge in [0, 0.05) is 6.07 Å². The molecule has 1 saturated heterocycles. The van der Waals surface area contributed by atoms with Crippen molar-refractivity contribution in [3.8, 4) is 40.2 Å². The van der Waals surface area contributed by atoms with Gasteiger partial charge >= 0.3 is 5.97 Å². The number of phenolic OH excluding ortho intramolecular Hbond substituents is 6. The van der Waals surface area contributed by atoms with E-state index in [1.54, 1.807) is 12.2 Å². The maximum atomic E-state index is 12.3. The van der Waals surface area contributed by atoms with E-state index in [1.807, 2.05) is 0 Å². The van der Waals surface area contributed by atoms with Crippen LogP contribution in [0.5, 0.6) is 40.2 Å². The summed E-state index contributed by atoms with van der Waals surface area (Å²) in [5, 5.41) is 89.0. The quantitative estimate of drug-likeness (QED) is 0.113.